The normalized spacial score (nSPS) is 23.6. The molecule has 0 spiro atoms. The second-order valence-corrected chi connectivity index (χ2v) is 5.11. The first-order valence-electron chi connectivity index (χ1n) is 6.47. The Morgan fingerprint density at radius 3 is 1.53 bits per heavy atom. The fourth-order valence-corrected chi connectivity index (χ4v) is 2.36. The Morgan fingerprint density at radius 2 is 1.27 bits per heavy atom. The molecule has 0 bridgehead atoms. The van der Waals surface area contributed by atoms with Crippen LogP contribution >= 0.6 is 0 Å². The van der Waals surface area contributed by atoms with Crippen LogP contribution in [-0.4, -0.2) is 25.0 Å². The highest BCUT2D eigenvalue weighted by Crippen LogP contribution is 2.22. The third-order valence-electron chi connectivity index (χ3n) is 3.47. The standard InChI is InChI=1S/C7H14.C6H13N.CH4/c2*1-7-5-3-2-4-6-7;/h7H,2-6H2,1H3;2-6H2,1H3;1H4. The summed E-state index contributed by atoms with van der Waals surface area (Å²) in [4.78, 5) is 2.39. The van der Waals surface area contributed by atoms with Gasteiger partial charge in [-0.05, 0) is 38.9 Å². The molecule has 1 aliphatic heterocycles. The summed E-state index contributed by atoms with van der Waals surface area (Å²) in [7, 11) is 2.19. The Balaban J connectivity index is 0.000000245. The molecule has 15 heavy (non-hydrogen) atoms. The number of likely N-dealkylation sites (tertiary alicyclic amines) is 1. The first-order valence-corrected chi connectivity index (χ1v) is 6.47. The first-order chi connectivity index (χ1) is 6.79. The van der Waals surface area contributed by atoms with Crippen LogP contribution in [0.5, 0.6) is 0 Å². The summed E-state index contributed by atoms with van der Waals surface area (Å²) in [6.45, 7) is 5.00. The highest BCUT2D eigenvalue weighted by Gasteiger charge is 2.06. The average Bonchev–Trinajstić information content (AvgIpc) is 2.21. The zero-order chi connectivity index (χ0) is 10.2. The molecule has 0 aromatic heterocycles. The summed E-state index contributed by atoms with van der Waals surface area (Å²) in [6, 6.07) is 0. The summed E-state index contributed by atoms with van der Waals surface area (Å²) in [5.74, 6) is 1.04. The molecule has 0 radical (unpaired) electrons. The molecular formula is C14H31N. The van der Waals surface area contributed by atoms with E-state index >= 15 is 0 Å². The fourth-order valence-electron chi connectivity index (χ4n) is 2.36. The summed E-state index contributed by atoms with van der Waals surface area (Å²) < 4.78 is 0. The Hall–Kier alpha value is -0.0400. The van der Waals surface area contributed by atoms with Gasteiger partial charge in [0.2, 0.25) is 0 Å². The monoisotopic (exact) mass is 213 g/mol. The van der Waals surface area contributed by atoms with E-state index in [-0.39, 0.29) is 7.43 Å². The molecule has 1 saturated carbocycles. The highest BCUT2D eigenvalue weighted by atomic mass is 15.1. The van der Waals surface area contributed by atoms with Crippen molar-refractivity contribution in [1.82, 2.24) is 4.90 Å². The van der Waals surface area contributed by atoms with E-state index in [4.69, 9.17) is 0 Å². The SMILES string of the molecule is C.CC1CCCCC1.CN1CCCCC1. The number of hydrogen-bond acceptors (Lipinski definition) is 1. The van der Waals surface area contributed by atoms with Crippen molar-refractivity contribution in [2.45, 2.75) is 65.7 Å². The lowest BCUT2D eigenvalue weighted by Crippen LogP contribution is -2.24. The zero-order valence-corrected chi connectivity index (χ0v) is 10.1. The summed E-state index contributed by atoms with van der Waals surface area (Å²) in [5.41, 5.74) is 0. The van der Waals surface area contributed by atoms with Crippen molar-refractivity contribution in [3.8, 4) is 0 Å². The van der Waals surface area contributed by atoms with Gasteiger partial charge in [-0.3, -0.25) is 0 Å². The Kier molecular flexibility index (Phi) is 9.18. The third-order valence-corrected chi connectivity index (χ3v) is 3.47. The highest BCUT2D eigenvalue weighted by molar-refractivity contribution is 4.59. The molecule has 1 heterocycles. The van der Waals surface area contributed by atoms with Crippen LogP contribution < -0.4 is 0 Å². The van der Waals surface area contributed by atoms with E-state index in [1.807, 2.05) is 0 Å². The van der Waals surface area contributed by atoms with Gasteiger partial charge in [-0.1, -0.05) is 52.9 Å². The van der Waals surface area contributed by atoms with Crippen LogP contribution in [0.1, 0.15) is 65.7 Å². The van der Waals surface area contributed by atoms with E-state index in [2.05, 4.69) is 18.9 Å². The van der Waals surface area contributed by atoms with Crippen molar-refractivity contribution in [3.63, 3.8) is 0 Å². The molecule has 1 aliphatic carbocycles. The van der Waals surface area contributed by atoms with Crippen molar-refractivity contribution in [3.05, 3.63) is 0 Å². The van der Waals surface area contributed by atoms with Crippen LogP contribution in [0.3, 0.4) is 0 Å². The van der Waals surface area contributed by atoms with E-state index in [0.29, 0.717) is 0 Å². The molecule has 2 fully saturated rings. The molecule has 2 aliphatic rings. The molecule has 0 atom stereocenters. The average molecular weight is 213 g/mol. The lowest BCUT2D eigenvalue weighted by molar-refractivity contribution is 0.277. The molecule has 0 aromatic rings. The van der Waals surface area contributed by atoms with Gasteiger partial charge >= 0.3 is 0 Å². The van der Waals surface area contributed by atoms with Gasteiger partial charge in [0.15, 0.2) is 0 Å². The molecular weight excluding hydrogens is 182 g/mol. The van der Waals surface area contributed by atoms with E-state index < -0.39 is 0 Å². The van der Waals surface area contributed by atoms with Crippen LogP contribution in [0, 0.1) is 5.92 Å². The number of hydrogen-bond donors (Lipinski definition) is 0. The van der Waals surface area contributed by atoms with Crippen LogP contribution in [0.15, 0.2) is 0 Å². The van der Waals surface area contributed by atoms with E-state index in [1.165, 1.54) is 64.5 Å². The molecule has 0 amide bonds. The number of rotatable bonds is 0. The molecule has 0 unspecified atom stereocenters. The Bertz CT molecular complexity index is 105. The topological polar surface area (TPSA) is 3.24 Å². The van der Waals surface area contributed by atoms with Crippen molar-refractivity contribution < 1.29 is 0 Å². The fraction of sp³-hybridized carbons (Fsp3) is 1.00. The Morgan fingerprint density at radius 1 is 0.800 bits per heavy atom. The van der Waals surface area contributed by atoms with Crippen molar-refractivity contribution in [1.29, 1.82) is 0 Å². The van der Waals surface area contributed by atoms with Gasteiger partial charge in [0.1, 0.15) is 0 Å². The number of piperidine rings is 1. The molecule has 1 nitrogen and oxygen atoms in total. The van der Waals surface area contributed by atoms with Gasteiger partial charge in [0.05, 0.1) is 0 Å². The molecule has 1 saturated heterocycles. The van der Waals surface area contributed by atoms with Gasteiger partial charge < -0.3 is 4.90 Å². The smallest absolute Gasteiger partial charge is 0.00218 e. The molecule has 92 valence electrons. The molecule has 1 heteroatoms. The zero-order valence-electron chi connectivity index (χ0n) is 10.1. The lowest BCUT2D eigenvalue weighted by atomic mass is 9.91. The van der Waals surface area contributed by atoms with Crippen molar-refractivity contribution in [2.75, 3.05) is 20.1 Å². The summed E-state index contributed by atoms with van der Waals surface area (Å²) in [6.07, 6.45) is 11.7. The van der Waals surface area contributed by atoms with Gasteiger partial charge in [-0.25, -0.2) is 0 Å². The van der Waals surface area contributed by atoms with Crippen LogP contribution in [0.4, 0.5) is 0 Å². The number of nitrogens with zero attached hydrogens (tertiary/aromatic N) is 1. The Labute approximate surface area is 97.2 Å². The van der Waals surface area contributed by atoms with Gasteiger partial charge in [-0.2, -0.15) is 0 Å². The van der Waals surface area contributed by atoms with Gasteiger partial charge in [-0.15, -0.1) is 0 Å². The quantitative estimate of drug-likeness (QED) is 0.579. The second kappa shape index (κ2) is 9.21. The summed E-state index contributed by atoms with van der Waals surface area (Å²) in [5, 5.41) is 0. The van der Waals surface area contributed by atoms with Gasteiger partial charge in [0, 0.05) is 0 Å². The second-order valence-electron chi connectivity index (χ2n) is 5.11. The minimum Gasteiger partial charge on any atom is -0.306 e. The van der Waals surface area contributed by atoms with E-state index in [9.17, 15) is 0 Å². The van der Waals surface area contributed by atoms with Crippen LogP contribution in [0.25, 0.3) is 0 Å². The predicted molar refractivity (Wildman–Crippen MR) is 70.3 cm³/mol. The minimum absolute atomic E-state index is 0. The first kappa shape index (κ1) is 15.0. The maximum Gasteiger partial charge on any atom is -0.00218 e. The maximum atomic E-state index is 2.39. The third kappa shape index (κ3) is 7.84. The van der Waals surface area contributed by atoms with Crippen LogP contribution in [0.2, 0.25) is 0 Å². The lowest BCUT2D eigenvalue weighted by Gasteiger charge is -2.20. The molecule has 0 N–H and O–H groups in total. The minimum atomic E-state index is 0. The van der Waals surface area contributed by atoms with Gasteiger partial charge in [0.25, 0.3) is 0 Å². The van der Waals surface area contributed by atoms with E-state index in [1.54, 1.807) is 0 Å². The molecule has 2 rings (SSSR count). The largest absolute Gasteiger partial charge is 0.306 e. The van der Waals surface area contributed by atoms with Crippen molar-refractivity contribution in [2.24, 2.45) is 5.92 Å². The summed E-state index contributed by atoms with van der Waals surface area (Å²) >= 11 is 0. The van der Waals surface area contributed by atoms with E-state index in [0.717, 1.165) is 5.92 Å². The maximum absolute atomic E-state index is 2.39. The van der Waals surface area contributed by atoms with Crippen LogP contribution in [-0.2, 0) is 0 Å². The molecule has 0 aromatic carbocycles. The van der Waals surface area contributed by atoms with Crippen molar-refractivity contribution >= 4 is 0 Å². The predicted octanol–water partition coefficient (Wildman–Crippen LogP) is 4.32.